The first-order valence-electron chi connectivity index (χ1n) is 11.0. The van der Waals surface area contributed by atoms with E-state index >= 15 is 0 Å². The molecule has 4 rings (SSSR count). The Morgan fingerprint density at radius 3 is 2.61 bits per heavy atom. The molecule has 0 radical (unpaired) electrons. The van der Waals surface area contributed by atoms with Crippen LogP contribution in [0.25, 0.3) is 0 Å². The number of nitrogens with one attached hydrogen (secondary N) is 2. The van der Waals surface area contributed by atoms with Gasteiger partial charge in [-0.3, -0.25) is 14.5 Å². The fourth-order valence-electron chi connectivity index (χ4n) is 4.57. The number of fused-ring (bicyclic) bond motifs is 2. The Balaban J connectivity index is 1.36. The molecule has 1 aliphatic carbocycles. The first kappa shape index (κ1) is 21.1. The summed E-state index contributed by atoms with van der Waals surface area (Å²) < 4.78 is 0. The van der Waals surface area contributed by atoms with Crippen molar-refractivity contribution in [1.82, 2.24) is 15.5 Å². The summed E-state index contributed by atoms with van der Waals surface area (Å²) in [6.45, 7) is 4.50. The van der Waals surface area contributed by atoms with Crippen LogP contribution in [0.5, 0.6) is 0 Å². The first-order valence-corrected chi connectivity index (χ1v) is 11.0. The number of urea groups is 1. The molecule has 6 heteroatoms. The summed E-state index contributed by atoms with van der Waals surface area (Å²) in [5.41, 5.74) is 3.32. The standard InChI is InChI=1S/C25H29N3O3/c1-17(2)19-11-9-18(10-12-19)13-15-26-22(29)16-28-23(30)25(27-24(28)31)14-5-7-20-6-3-4-8-21(20)25/h3-4,6,8-12,17H,5,7,13-16H2,1-2H3,(H,26,29)(H,27,31). The molecule has 1 aliphatic heterocycles. The van der Waals surface area contributed by atoms with E-state index in [1.54, 1.807) is 0 Å². The van der Waals surface area contributed by atoms with Gasteiger partial charge in [0.15, 0.2) is 0 Å². The summed E-state index contributed by atoms with van der Waals surface area (Å²) in [4.78, 5) is 39.3. The molecule has 1 unspecified atom stereocenters. The molecule has 4 amide bonds. The van der Waals surface area contributed by atoms with E-state index in [1.807, 2.05) is 24.3 Å². The smallest absolute Gasteiger partial charge is 0.325 e. The predicted molar refractivity (Wildman–Crippen MR) is 119 cm³/mol. The molecule has 1 heterocycles. The maximum absolute atomic E-state index is 13.2. The van der Waals surface area contributed by atoms with Gasteiger partial charge in [-0.25, -0.2) is 4.79 Å². The van der Waals surface area contributed by atoms with Crippen LogP contribution in [0, 0.1) is 0 Å². The molecular weight excluding hydrogens is 390 g/mol. The third kappa shape index (κ3) is 4.07. The van der Waals surface area contributed by atoms with Gasteiger partial charge < -0.3 is 10.6 Å². The van der Waals surface area contributed by atoms with Gasteiger partial charge in [0.25, 0.3) is 5.91 Å². The molecule has 0 bridgehead atoms. The van der Waals surface area contributed by atoms with Crippen molar-refractivity contribution in [2.24, 2.45) is 0 Å². The van der Waals surface area contributed by atoms with Crippen molar-refractivity contribution in [3.05, 3.63) is 70.8 Å². The highest BCUT2D eigenvalue weighted by atomic mass is 16.2. The van der Waals surface area contributed by atoms with E-state index in [4.69, 9.17) is 0 Å². The molecule has 2 aliphatic rings. The van der Waals surface area contributed by atoms with Crippen molar-refractivity contribution in [3.63, 3.8) is 0 Å². The molecule has 162 valence electrons. The van der Waals surface area contributed by atoms with Crippen LogP contribution in [-0.4, -0.2) is 35.8 Å². The highest BCUT2D eigenvalue weighted by Gasteiger charge is 2.54. The zero-order valence-corrected chi connectivity index (χ0v) is 18.1. The molecule has 2 aromatic carbocycles. The average molecular weight is 420 g/mol. The number of hydrogen-bond acceptors (Lipinski definition) is 3. The second-order valence-electron chi connectivity index (χ2n) is 8.73. The van der Waals surface area contributed by atoms with Crippen LogP contribution in [0.4, 0.5) is 4.79 Å². The van der Waals surface area contributed by atoms with E-state index in [0.717, 1.165) is 34.4 Å². The Labute approximate surface area is 183 Å². The van der Waals surface area contributed by atoms with Gasteiger partial charge in [-0.05, 0) is 53.9 Å². The van der Waals surface area contributed by atoms with Crippen molar-refractivity contribution in [2.45, 2.75) is 51.0 Å². The molecule has 31 heavy (non-hydrogen) atoms. The second kappa shape index (κ2) is 8.53. The van der Waals surface area contributed by atoms with E-state index in [0.29, 0.717) is 25.3 Å². The van der Waals surface area contributed by atoms with Crippen molar-refractivity contribution in [3.8, 4) is 0 Å². The van der Waals surface area contributed by atoms with Crippen LogP contribution in [0.1, 0.15) is 54.9 Å². The number of rotatable bonds is 6. The zero-order chi connectivity index (χ0) is 22.0. The fourth-order valence-corrected chi connectivity index (χ4v) is 4.57. The Hall–Kier alpha value is -3.15. The van der Waals surface area contributed by atoms with Gasteiger partial charge in [-0.1, -0.05) is 62.4 Å². The number of hydrogen-bond donors (Lipinski definition) is 2. The van der Waals surface area contributed by atoms with Crippen LogP contribution in [0.15, 0.2) is 48.5 Å². The Kier molecular flexibility index (Phi) is 5.81. The van der Waals surface area contributed by atoms with E-state index < -0.39 is 11.6 Å². The number of imide groups is 1. The molecule has 1 saturated heterocycles. The summed E-state index contributed by atoms with van der Waals surface area (Å²) >= 11 is 0. The minimum Gasteiger partial charge on any atom is -0.354 e. The van der Waals surface area contributed by atoms with Crippen LogP contribution in [-0.2, 0) is 28.0 Å². The van der Waals surface area contributed by atoms with Gasteiger partial charge in [0, 0.05) is 6.54 Å². The van der Waals surface area contributed by atoms with Crippen LogP contribution < -0.4 is 10.6 Å². The highest BCUT2D eigenvalue weighted by molar-refractivity contribution is 6.09. The summed E-state index contributed by atoms with van der Waals surface area (Å²) in [6.07, 6.45) is 2.96. The van der Waals surface area contributed by atoms with Gasteiger partial charge in [-0.15, -0.1) is 0 Å². The molecule has 2 N–H and O–H groups in total. The fraction of sp³-hybridized carbons (Fsp3) is 0.400. The summed E-state index contributed by atoms with van der Waals surface area (Å²) in [5.74, 6) is -0.176. The third-order valence-corrected chi connectivity index (χ3v) is 6.33. The normalized spacial score (nSPS) is 20.2. The molecule has 6 nitrogen and oxygen atoms in total. The Bertz CT molecular complexity index is 999. The van der Waals surface area contributed by atoms with Gasteiger partial charge in [0.05, 0.1) is 0 Å². The Morgan fingerprint density at radius 1 is 1.13 bits per heavy atom. The summed E-state index contributed by atoms with van der Waals surface area (Å²) in [7, 11) is 0. The lowest BCUT2D eigenvalue weighted by molar-refractivity contribution is -0.135. The number of aryl methyl sites for hydroxylation is 1. The van der Waals surface area contributed by atoms with Crippen LogP contribution in [0.2, 0.25) is 0 Å². The van der Waals surface area contributed by atoms with E-state index in [-0.39, 0.29) is 18.4 Å². The van der Waals surface area contributed by atoms with E-state index in [1.165, 1.54) is 5.56 Å². The SMILES string of the molecule is CC(C)c1ccc(CCNC(=O)CN2C(=O)NC3(CCCc4ccccc43)C2=O)cc1. The molecule has 1 spiro atoms. The molecule has 1 fully saturated rings. The Morgan fingerprint density at radius 2 is 1.87 bits per heavy atom. The van der Waals surface area contributed by atoms with Gasteiger partial charge in [-0.2, -0.15) is 0 Å². The lowest BCUT2D eigenvalue weighted by atomic mass is 9.76. The van der Waals surface area contributed by atoms with Gasteiger partial charge >= 0.3 is 6.03 Å². The average Bonchev–Trinajstić information content (AvgIpc) is 2.99. The van der Waals surface area contributed by atoms with E-state index in [9.17, 15) is 14.4 Å². The zero-order valence-electron chi connectivity index (χ0n) is 18.1. The largest absolute Gasteiger partial charge is 0.354 e. The number of benzene rings is 2. The van der Waals surface area contributed by atoms with Crippen LogP contribution >= 0.6 is 0 Å². The van der Waals surface area contributed by atoms with E-state index in [2.05, 4.69) is 48.7 Å². The third-order valence-electron chi connectivity index (χ3n) is 6.33. The number of amides is 4. The monoisotopic (exact) mass is 419 g/mol. The highest BCUT2D eigenvalue weighted by Crippen LogP contribution is 2.39. The second-order valence-corrected chi connectivity index (χ2v) is 8.73. The lowest BCUT2D eigenvalue weighted by Gasteiger charge is -2.33. The minimum atomic E-state index is -1.04. The quantitative estimate of drug-likeness (QED) is 0.706. The molecule has 0 saturated carbocycles. The number of carbonyl (C=O) groups excluding carboxylic acids is 3. The van der Waals surface area contributed by atoms with Gasteiger partial charge in [0.1, 0.15) is 12.1 Å². The maximum Gasteiger partial charge on any atom is 0.325 e. The predicted octanol–water partition coefficient (Wildman–Crippen LogP) is 3.25. The van der Waals surface area contributed by atoms with Gasteiger partial charge in [0.2, 0.25) is 5.91 Å². The summed E-state index contributed by atoms with van der Waals surface area (Å²) in [5, 5.41) is 5.72. The van der Waals surface area contributed by atoms with Crippen molar-refractivity contribution >= 4 is 17.8 Å². The molecule has 2 aromatic rings. The van der Waals surface area contributed by atoms with Crippen molar-refractivity contribution in [2.75, 3.05) is 13.1 Å². The van der Waals surface area contributed by atoms with Crippen LogP contribution in [0.3, 0.4) is 0 Å². The minimum absolute atomic E-state index is 0.263. The maximum atomic E-state index is 13.2. The number of carbonyl (C=O) groups is 3. The van der Waals surface area contributed by atoms with Crippen molar-refractivity contribution < 1.29 is 14.4 Å². The molecule has 1 atom stereocenters. The first-order chi connectivity index (χ1) is 14.9. The number of nitrogens with zero attached hydrogens (tertiary/aromatic N) is 1. The summed E-state index contributed by atoms with van der Waals surface area (Å²) in [6, 6.07) is 15.6. The molecular formula is C25H29N3O3. The molecule has 0 aromatic heterocycles. The topological polar surface area (TPSA) is 78.5 Å². The van der Waals surface area contributed by atoms with Crippen molar-refractivity contribution in [1.29, 1.82) is 0 Å². The lowest BCUT2D eigenvalue weighted by Crippen LogP contribution is -2.47.